The largest absolute Gasteiger partial charge is 0.315 e. The van der Waals surface area contributed by atoms with E-state index in [1.165, 1.54) is 0 Å². The van der Waals surface area contributed by atoms with Crippen molar-refractivity contribution in [1.82, 2.24) is 5.32 Å². The van der Waals surface area contributed by atoms with Crippen molar-refractivity contribution in [1.29, 1.82) is 0 Å². The summed E-state index contributed by atoms with van der Waals surface area (Å²) in [6.45, 7) is 3.37. The first kappa shape index (κ1) is 10.9. The first-order valence-corrected chi connectivity index (χ1v) is 5.49. The summed E-state index contributed by atoms with van der Waals surface area (Å²) in [5, 5.41) is 4.07. The van der Waals surface area contributed by atoms with Crippen LogP contribution >= 0.6 is 23.2 Å². The minimum Gasteiger partial charge on any atom is -0.315 e. The van der Waals surface area contributed by atoms with Crippen LogP contribution in [0.4, 0.5) is 0 Å². The second-order valence-corrected chi connectivity index (χ2v) is 4.96. The number of nitrogens with one attached hydrogen (secondary N) is 1. The molecule has 1 aliphatic rings. The Morgan fingerprint density at radius 1 is 1.40 bits per heavy atom. The fourth-order valence-electron chi connectivity index (χ4n) is 1.66. The third-order valence-electron chi connectivity index (χ3n) is 2.75. The topological polar surface area (TPSA) is 29.1 Å². The number of halogens is 2. The van der Waals surface area contributed by atoms with Crippen LogP contribution in [0.25, 0.3) is 0 Å². The van der Waals surface area contributed by atoms with Gasteiger partial charge in [-0.1, -0.05) is 23.2 Å². The Morgan fingerprint density at radius 2 is 2.07 bits per heavy atom. The van der Waals surface area contributed by atoms with Crippen molar-refractivity contribution in [3.63, 3.8) is 0 Å². The van der Waals surface area contributed by atoms with Crippen molar-refractivity contribution in [2.75, 3.05) is 13.1 Å². The Bertz CT molecular complexity index is 413. The van der Waals surface area contributed by atoms with Gasteiger partial charge in [0.2, 0.25) is 0 Å². The maximum absolute atomic E-state index is 12.1. The smallest absolute Gasteiger partial charge is 0.172 e. The molecule has 0 spiro atoms. The van der Waals surface area contributed by atoms with Crippen LogP contribution in [0.5, 0.6) is 0 Å². The predicted molar refractivity (Wildman–Crippen MR) is 61.8 cm³/mol. The van der Waals surface area contributed by atoms with Gasteiger partial charge in [0.15, 0.2) is 5.78 Å². The second-order valence-electron chi connectivity index (χ2n) is 4.12. The van der Waals surface area contributed by atoms with Gasteiger partial charge in [-0.25, -0.2) is 0 Å². The average molecular weight is 244 g/mol. The number of hydrogen-bond donors (Lipinski definition) is 1. The fourth-order valence-corrected chi connectivity index (χ4v) is 2.15. The summed E-state index contributed by atoms with van der Waals surface area (Å²) in [6, 6.07) is 4.98. The minimum atomic E-state index is -0.308. The molecule has 0 bridgehead atoms. The third kappa shape index (κ3) is 1.89. The molecule has 2 nitrogen and oxygen atoms in total. The molecule has 0 radical (unpaired) electrons. The van der Waals surface area contributed by atoms with Crippen molar-refractivity contribution < 1.29 is 4.79 Å². The van der Waals surface area contributed by atoms with E-state index in [9.17, 15) is 4.79 Å². The number of benzene rings is 1. The lowest BCUT2D eigenvalue weighted by Gasteiger charge is -2.37. The molecule has 0 amide bonds. The summed E-state index contributed by atoms with van der Waals surface area (Å²) in [7, 11) is 0. The van der Waals surface area contributed by atoms with Crippen LogP contribution < -0.4 is 5.32 Å². The third-order valence-corrected chi connectivity index (χ3v) is 3.30. The molecule has 0 aliphatic carbocycles. The Kier molecular flexibility index (Phi) is 2.75. The lowest BCUT2D eigenvalue weighted by atomic mass is 9.77. The van der Waals surface area contributed by atoms with Gasteiger partial charge in [0.1, 0.15) is 0 Å². The number of carbonyl (C=O) groups is 1. The zero-order chi connectivity index (χ0) is 11.1. The van der Waals surface area contributed by atoms with Crippen molar-refractivity contribution in [3.05, 3.63) is 33.8 Å². The van der Waals surface area contributed by atoms with E-state index in [1.54, 1.807) is 18.2 Å². The van der Waals surface area contributed by atoms with Gasteiger partial charge >= 0.3 is 0 Å². The summed E-state index contributed by atoms with van der Waals surface area (Å²) in [4.78, 5) is 12.1. The molecule has 1 heterocycles. The molecule has 80 valence electrons. The standard InChI is InChI=1S/C11H11Cl2NO/c1-11(5-14-6-11)10(15)8-3-2-7(12)4-9(8)13/h2-4,14H,5-6H2,1H3. The minimum absolute atomic E-state index is 0.0860. The van der Waals surface area contributed by atoms with E-state index in [0.29, 0.717) is 28.7 Å². The number of rotatable bonds is 2. The van der Waals surface area contributed by atoms with Gasteiger partial charge < -0.3 is 5.32 Å². The zero-order valence-corrected chi connectivity index (χ0v) is 9.82. The molecule has 0 atom stereocenters. The molecule has 0 saturated carbocycles. The van der Waals surface area contributed by atoms with E-state index in [0.717, 1.165) is 0 Å². The molecule has 0 unspecified atom stereocenters. The predicted octanol–water partition coefficient (Wildman–Crippen LogP) is 2.79. The van der Waals surface area contributed by atoms with E-state index in [4.69, 9.17) is 23.2 Å². The number of ketones is 1. The Labute approximate surface area is 98.6 Å². The van der Waals surface area contributed by atoms with E-state index in [1.807, 2.05) is 6.92 Å². The number of Topliss-reactive ketones (excluding diaryl/α,β-unsaturated/α-hetero) is 1. The molecule has 15 heavy (non-hydrogen) atoms. The fraction of sp³-hybridized carbons (Fsp3) is 0.364. The summed E-state index contributed by atoms with van der Waals surface area (Å²) in [5.74, 6) is 0.0860. The van der Waals surface area contributed by atoms with E-state index < -0.39 is 0 Å². The molecular weight excluding hydrogens is 233 g/mol. The van der Waals surface area contributed by atoms with Crippen molar-refractivity contribution >= 4 is 29.0 Å². The number of carbonyl (C=O) groups excluding carboxylic acids is 1. The maximum atomic E-state index is 12.1. The lowest BCUT2D eigenvalue weighted by Crippen LogP contribution is -2.56. The molecule has 1 aliphatic heterocycles. The van der Waals surface area contributed by atoms with Gasteiger partial charge in [0, 0.05) is 23.7 Å². The normalized spacial score (nSPS) is 18.3. The van der Waals surface area contributed by atoms with Crippen LogP contribution in [0.3, 0.4) is 0 Å². The highest BCUT2D eigenvalue weighted by Gasteiger charge is 2.40. The van der Waals surface area contributed by atoms with E-state index in [2.05, 4.69) is 5.32 Å². The zero-order valence-electron chi connectivity index (χ0n) is 8.31. The van der Waals surface area contributed by atoms with Crippen LogP contribution in [0.2, 0.25) is 10.0 Å². The average Bonchev–Trinajstić information content (AvgIpc) is 2.13. The second kappa shape index (κ2) is 3.78. The van der Waals surface area contributed by atoms with Crippen LogP contribution in [0, 0.1) is 5.41 Å². The molecule has 1 aromatic carbocycles. The summed E-state index contributed by atoms with van der Waals surface area (Å²) in [6.07, 6.45) is 0. The molecule has 1 fully saturated rings. The Hall–Kier alpha value is -0.570. The van der Waals surface area contributed by atoms with Crippen molar-refractivity contribution in [2.24, 2.45) is 5.41 Å². The molecule has 1 saturated heterocycles. The number of hydrogen-bond acceptors (Lipinski definition) is 2. The van der Waals surface area contributed by atoms with Crippen LogP contribution in [-0.2, 0) is 0 Å². The lowest BCUT2D eigenvalue weighted by molar-refractivity contribution is 0.0722. The quantitative estimate of drug-likeness (QED) is 0.810. The molecular formula is C11H11Cl2NO. The van der Waals surface area contributed by atoms with Gasteiger partial charge in [-0.15, -0.1) is 0 Å². The Morgan fingerprint density at radius 3 is 2.53 bits per heavy atom. The Balaban J connectivity index is 2.33. The van der Waals surface area contributed by atoms with E-state index in [-0.39, 0.29) is 11.2 Å². The monoisotopic (exact) mass is 243 g/mol. The van der Waals surface area contributed by atoms with Crippen LogP contribution in [-0.4, -0.2) is 18.9 Å². The molecule has 2 rings (SSSR count). The van der Waals surface area contributed by atoms with Crippen LogP contribution in [0.15, 0.2) is 18.2 Å². The van der Waals surface area contributed by atoms with E-state index >= 15 is 0 Å². The maximum Gasteiger partial charge on any atom is 0.172 e. The summed E-state index contributed by atoms with van der Waals surface area (Å²) < 4.78 is 0. The highest BCUT2D eigenvalue weighted by Crippen LogP contribution is 2.31. The van der Waals surface area contributed by atoms with Gasteiger partial charge in [0.05, 0.1) is 10.4 Å². The van der Waals surface area contributed by atoms with Gasteiger partial charge in [-0.2, -0.15) is 0 Å². The van der Waals surface area contributed by atoms with Crippen molar-refractivity contribution in [2.45, 2.75) is 6.92 Å². The molecule has 0 aromatic heterocycles. The molecule has 4 heteroatoms. The summed E-state index contributed by atoms with van der Waals surface area (Å²) >= 11 is 11.8. The SMILES string of the molecule is CC1(C(=O)c2ccc(Cl)cc2Cl)CNC1. The highest BCUT2D eigenvalue weighted by molar-refractivity contribution is 6.37. The first-order chi connectivity index (χ1) is 7.03. The summed E-state index contributed by atoms with van der Waals surface area (Å²) in [5.41, 5.74) is 0.252. The van der Waals surface area contributed by atoms with Gasteiger partial charge in [-0.05, 0) is 25.1 Å². The van der Waals surface area contributed by atoms with Gasteiger partial charge in [-0.3, -0.25) is 4.79 Å². The molecule has 1 aromatic rings. The molecule has 1 N–H and O–H groups in total. The first-order valence-electron chi connectivity index (χ1n) is 4.73. The van der Waals surface area contributed by atoms with Crippen LogP contribution in [0.1, 0.15) is 17.3 Å². The van der Waals surface area contributed by atoms with Crippen molar-refractivity contribution in [3.8, 4) is 0 Å². The highest BCUT2D eigenvalue weighted by atomic mass is 35.5. The van der Waals surface area contributed by atoms with Gasteiger partial charge in [0.25, 0.3) is 0 Å².